The van der Waals surface area contributed by atoms with E-state index in [1.165, 1.54) is 37.6 Å². The Morgan fingerprint density at radius 1 is 1.25 bits per heavy atom. The van der Waals surface area contributed by atoms with Crippen LogP contribution in [0, 0.1) is 0 Å². The Morgan fingerprint density at radius 3 is 2.50 bits per heavy atom. The van der Waals surface area contributed by atoms with E-state index >= 15 is 0 Å². The minimum Gasteiger partial charge on any atom is -0.493 e. The first-order chi connectivity index (χ1) is 9.52. The maximum Gasteiger partial charge on any atom is 0.341 e. The van der Waals surface area contributed by atoms with Crippen LogP contribution in [-0.4, -0.2) is 23.2 Å². The lowest BCUT2D eigenvalue weighted by Crippen LogP contribution is -2.02. The number of aromatic carboxylic acids is 1. The zero-order valence-corrected chi connectivity index (χ0v) is 11.8. The summed E-state index contributed by atoms with van der Waals surface area (Å²) >= 11 is 11.8. The maximum absolute atomic E-state index is 11.1. The molecule has 0 saturated heterocycles. The highest BCUT2D eigenvalue weighted by atomic mass is 35.5. The number of nitrogens with zero attached hydrogens (tertiary/aromatic N) is 1. The highest BCUT2D eigenvalue weighted by Gasteiger charge is 2.16. The van der Waals surface area contributed by atoms with Crippen LogP contribution >= 0.6 is 23.2 Å². The fraction of sp³-hybridized carbons (Fsp3) is 0.0769. The predicted octanol–water partition coefficient (Wildman–Crippen LogP) is 3.89. The normalized spacial score (nSPS) is 10.2. The first-order valence-electron chi connectivity index (χ1n) is 5.42. The van der Waals surface area contributed by atoms with Crippen molar-refractivity contribution in [3.05, 3.63) is 46.1 Å². The molecule has 5 nitrogen and oxygen atoms in total. The summed E-state index contributed by atoms with van der Waals surface area (Å²) < 4.78 is 10.6. The Morgan fingerprint density at radius 2 is 1.90 bits per heavy atom. The lowest BCUT2D eigenvalue weighted by atomic mass is 10.2. The van der Waals surface area contributed by atoms with Crippen molar-refractivity contribution in [1.29, 1.82) is 0 Å². The second kappa shape index (κ2) is 5.98. The SMILES string of the molecule is COc1cc(Cl)c(Cl)cc1Oc1ncccc1C(=O)O. The molecule has 0 amide bonds. The summed E-state index contributed by atoms with van der Waals surface area (Å²) in [6.45, 7) is 0. The van der Waals surface area contributed by atoms with Crippen LogP contribution in [0.1, 0.15) is 10.4 Å². The molecule has 1 aromatic heterocycles. The number of carbonyl (C=O) groups is 1. The second-order valence-electron chi connectivity index (χ2n) is 3.68. The third-order valence-corrected chi connectivity index (χ3v) is 3.14. The van der Waals surface area contributed by atoms with Gasteiger partial charge in [0.25, 0.3) is 0 Å². The zero-order chi connectivity index (χ0) is 14.7. The van der Waals surface area contributed by atoms with Gasteiger partial charge in [0.1, 0.15) is 5.56 Å². The molecule has 1 aromatic carbocycles. The van der Waals surface area contributed by atoms with Gasteiger partial charge in [-0.2, -0.15) is 0 Å². The number of rotatable bonds is 4. The summed E-state index contributed by atoms with van der Waals surface area (Å²) in [5, 5.41) is 9.63. The van der Waals surface area contributed by atoms with Crippen molar-refractivity contribution in [2.24, 2.45) is 0 Å². The number of methoxy groups -OCH3 is 1. The highest BCUT2D eigenvalue weighted by molar-refractivity contribution is 6.42. The Kier molecular flexibility index (Phi) is 4.32. The summed E-state index contributed by atoms with van der Waals surface area (Å²) in [4.78, 5) is 15.0. The average Bonchev–Trinajstić information content (AvgIpc) is 2.43. The zero-order valence-electron chi connectivity index (χ0n) is 10.3. The topological polar surface area (TPSA) is 68.7 Å². The van der Waals surface area contributed by atoms with E-state index in [1.54, 1.807) is 0 Å². The minimum absolute atomic E-state index is 0.0586. The number of hydrogen-bond acceptors (Lipinski definition) is 4. The molecule has 2 aromatic rings. The molecule has 0 radical (unpaired) electrons. The van der Waals surface area contributed by atoms with Crippen molar-refractivity contribution in [2.75, 3.05) is 7.11 Å². The molecule has 0 aliphatic rings. The number of carboxylic acids is 1. The molecule has 20 heavy (non-hydrogen) atoms. The van der Waals surface area contributed by atoms with Gasteiger partial charge >= 0.3 is 5.97 Å². The van der Waals surface area contributed by atoms with Gasteiger partial charge in [0.15, 0.2) is 11.5 Å². The molecular formula is C13H9Cl2NO4. The van der Waals surface area contributed by atoms with Crippen LogP contribution in [0.15, 0.2) is 30.5 Å². The van der Waals surface area contributed by atoms with Gasteiger partial charge in [-0.15, -0.1) is 0 Å². The second-order valence-corrected chi connectivity index (χ2v) is 4.49. The van der Waals surface area contributed by atoms with E-state index in [0.717, 1.165) is 0 Å². The summed E-state index contributed by atoms with van der Waals surface area (Å²) in [6.07, 6.45) is 1.42. The molecule has 0 saturated carbocycles. The van der Waals surface area contributed by atoms with Crippen LogP contribution in [0.5, 0.6) is 17.4 Å². The van der Waals surface area contributed by atoms with Gasteiger partial charge in [-0.25, -0.2) is 9.78 Å². The highest BCUT2D eigenvalue weighted by Crippen LogP contribution is 2.38. The van der Waals surface area contributed by atoms with E-state index in [9.17, 15) is 4.79 Å². The molecule has 0 atom stereocenters. The molecule has 2 rings (SSSR count). The van der Waals surface area contributed by atoms with E-state index in [2.05, 4.69) is 4.98 Å². The van der Waals surface area contributed by atoms with Crippen LogP contribution in [0.3, 0.4) is 0 Å². The van der Waals surface area contributed by atoms with Crippen molar-refractivity contribution in [3.63, 3.8) is 0 Å². The van der Waals surface area contributed by atoms with Crippen molar-refractivity contribution in [2.45, 2.75) is 0 Å². The number of halogens is 2. The molecule has 1 N–H and O–H groups in total. The van der Waals surface area contributed by atoms with Gasteiger partial charge in [-0.3, -0.25) is 0 Å². The molecule has 0 bridgehead atoms. The molecule has 0 fully saturated rings. The Balaban J connectivity index is 2.45. The Bertz CT molecular complexity index is 661. The first-order valence-corrected chi connectivity index (χ1v) is 6.17. The third-order valence-electron chi connectivity index (χ3n) is 2.41. The molecule has 0 aliphatic heterocycles. The number of aromatic nitrogens is 1. The smallest absolute Gasteiger partial charge is 0.341 e. The van der Waals surface area contributed by atoms with Crippen LogP contribution in [0.25, 0.3) is 0 Å². The van der Waals surface area contributed by atoms with Gasteiger partial charge in [-0.05, 0) is 12.1 Å². The maximum atomic E-state index is 11.1. The number of pyridine rings is 1. The largest absolute Gasteiger partial charge is 0.493 e. The fourth-order valence-electron chi connectivity index (χ4n) is 1.49. The average molecular weight is 314 g/mol. The van der Waals surface area contributed by atoms with Crippen LogP contribution in [0.2, 0.25) is 10.0 Å². The predicted molar refractivity (Wildman–Crippen MR) is 74.3 cm³/mol. The number of ether oxygens (including phenoxy) is 2. The molecule has 7 heteroatoms. The molecule has 1 heterocycles. The quantitative estimate of drug-likeness (QED) is 0.927. The van der Waals surface area contributed by atoms with Crippen molar-refractivity contribution < 1.29 is 19.4 Å². The Labute approximate surface area is 124 Å². The third kappa shape index (κ3) is 2.95. The van der Waals surface area contributed by atoms with E-state index in [1.807, 2.05) is 0 Å². The monoisotopic (exact) mass is 313 g/mol. The van der Waals surface area contributed by atoms with Crippen molar-refractivity contribution in [3.8, 4) is 17.4 Å². The van der Waals surface area contributed by atoms with E-state index in [0.29, 0.717) is 10.8 Å². The van der Waals surface area contributed by atoms with E-state index < -0.39 is 5.97 Å². The summed E-state index contributed by atoms with van der Waals surface area (Å²) in [5.41, 5.74) is -0.0689. The van der Waals surface area contributed by atoms with Crippen LogP contribution in [0.4, 0.5) is 0 Å². The number of benzene rings is 1. The Hall–Kier alpha value is -1.98. The van der Waals surface area contributed by atoms with Gasteiger partial charge in [0, 0.05) is 18.3 Å². The van der Waals surface area contributed by atoms with Crippen LogP contribution < -0.4 is 9.47 Å². The van der Waals surface area contributed by atoms with Gasteiger partial charge in [-0.1, -0.05) is 23.2 Å². The molecule has 0 aliphatic carbocycles. The van der Waals surface area contributed by atoms with E-state index in [-0.39, 0.29) is 22.2 Å². The number of hydrogen-bond donors (Lipinski definition) is 1. The van der Waals surface area contributed by atoms with Gasteiger partial charge in [0.05, 0.1) is 17.2 Å². The number of carboxylic acid groups (broad SMARTS) is 1. The molecule has 0 spiro atoms. The molecule has 0 unspecified atom stereocenters. The van der Waals surface area contributed by atoms with Crippen LogP contribution in [-0.2, 0) is 0 Å². The van der Waals surface area contributed by atoms with E-state index in [4.69, 9.17) is 37.8 Å². The lowest BCUT2D eigenvalue weighted by molar-refractivity contribution is 0.0693. The van der Waals surface area contributed by atoms with Gasteiger partial charge in [0.2, 0.25) is 5.88 Å². The molecule has 104 valence electrons. The fourth-order valence-corrected chi connectivity index (χ4v) is 1.80. The summed E-state index contributed by atoms with van der Waals surface area (Å²) in [7, 11) is 1.43. The standard InChI is InChI=1S/C13H9Cl2NO4/c1-19-10-5-8(14)9(15)6-11(10)20-12-7(13(17)18)3-2-4-16-12/h2-6H,1H3,(H,17,18). The summed E-state index contributed by atoms with van der Waals surface area (Å²) in [5.74, 6) is -0.659. The van der Waals surface area contributed by atoms with Gasteiger partial charge < -0.3 is 14.6 Å². The molecular weight excluding hydrogens is 305 g/mol. The lowest BCUT2D eigenvalue weighted by Gasteiger charge is -2.12. The first kappa shape index (κ1) is 14.4. The van der Waals surface area contributed by atoms with Crippen molar-refractivity contribution >= 4 is 29.2 Å². The van der Waals surface area contributed by atoms with Crippen molar-refractivity contribution in [1.82, 2.24) is 4.98 Å². The minimum atomic E-state index is -1.15. The summed E-state index contributed by atoms with van der Waals surface area (Å²) in [6, 6.07) is 5.79.